The van der Waals surface area contributed by atoms with Crippen molar-refractivity contribution in [2.45, 2.75) is 19.4 Å². The highest BCUT2D eigenvalue weighted by Gasteiger charge is 2.19. The van der Waals surface area contributed by atoms with E-state index in [1.165, 1.54) is 7.11 Å². The summed E-state index contributed by atoms with van der Waals surface area (Å²) in [5, 5.41) is 9.40. The Labute approximate surface area is 90.3 Å². The molecule has 0 aromatic carbocycles. The van der Waals surface area contributed by atoms with Crippen molar-refractivity contribution in [2.24, 2.45) is 0 Å². The first-order chi connectivity index (χ1) is 7.52. The number of ether oxygens (including phenoxy) is 1. The van der Waals surface area contributed by atoms with Crippen molar-refractivity contribution < 1.29 is 14.2 Å². The third kappa shape index (κ3) is 2.13. The first-order valence-electron chi connectivity index (χ1n) is 4.75. The zero-order valence-corrected chi connectivity index (χ0v) is 8.99. The number of aromatic amines is 1. The second kappa shape index (κ2) is 4.93. The van der Waals surface area contributed by atoms with Crippen LogP contribution in [0.3, 0.4) is 0 Å². The Morgan fingerprint density at radius 2 is 2.19 bits per heavy atom. The van der Waals surface area contributed by atoms with Crippen molar-refractivity contribution in [3.05, 3.63) is 26.7 Å². The highest BCUT2D eigenvalue weighted by atomic mass is 19.1. The van der Waals surface area contributed by atoms with Gasteiger partial charge in [0.25, 0.3) is 5.56 Å². The van der Waals surface area contributed by atoms with E-state index in [9.17, 15) is 19.1 Å². The van der Waals surface area contributed by atoms with Crippen molar-refractivity contribution in [1.29, 1.82) is 0 Å². The van der Waals surface area contributed by atoms with Crippen LogP contribution >= 0.6 is 0 Å². The summed E-state index contributed by atoms with van der Waals surface area (Å²) in [4.78, 5) is 24.0. The lowest BCUT2D eigenvalue weighted by Crippen LogP contribution is -2.35. The molecule has 0 radical (unpaired) electrons. The van der Waals surface area contributed by atoms with Crippen LogP contribution in [0.1, 0.15) is 19.4 Å². The number of nitrogens with zero attached hydrogens (tertiary/aromatic N) is 1. The number of halogens is 1. The van der Waals surface area contributed by atoms with Crippen LogP contribution < -0.4 is 11.2 Å². The van der Waals surface area contributed by atoms with Gasteiger partial charge in [0.05, 0.1) is 12.6 Å². The smallest absolute Gasteiger partial charge is 0.331 e. The largest absolute Gasteiger partial charge is 0.492 e. The number of hydrogen-bond acceptors (Lipinski definition) is 4. The molecule has 1 heterocycles. The molecule has 1 aromatic heterocycles. The second-order valence-corrected chi connectivity index (χ2v) is 3.28. The highest BCUT2D eigenvalue weighted by Crippen LogP contribution is 2.17. The van der Waals surface area contributed by atoms with Crippen molar-refractivity contribution in [1.82, 2.24) is 9.55 Å². The van der Waals surface area contributed by atoms with E-state index in [0.29, 0.717) is 6.42 Å². The van der Waals surface area contributed by atoms with Gasteiger partial charge in [-0.3, -0.25) is 14.3 Å². The Morgan fingerprint density at radius 1 is 1.56 bits per heavy atom. The Bertz CT molecular complexity index is 479. The summed E-state index contributed by atoms with van der Waals surface area (Å²) in [6.45, 7) is 1.88. The molecular weight excluding hydrogens is 219 g/mol. The number of aromatic hydroxyl groups is 1. The SMILES string of the molecule is CCC(COC)n1c(O)c(F)c(=O)[nH]c1=O. The van der Waals surface area contributed by atoms with Gasteiger partial charge in [-0.05, 0) is 6.42 Å². The lowest BCUT2D eigenvalue weighted by atomic mass is 10.2. The molecule has 16 heavy (non-hydrogen) atoms. The molecule has 1 atom stereocenters. The molecule has 0 aliphatic rings. The normalized spacial score (nSPS) is 12.7. The van der Waals surface area contributed by atoms with Crippen LogP contribution in [0.2, 0.25) is 0 Å². The van der Waals surface area contributed by atoms with Gasteiger partial charge in [0.2, 0.25) is 11.7 Å². The summed E-state index contributed by atoms with van der Waals surface area (Å²) in [6.07, 6.45) is 0.451. The fourth-order valence-electron chi connectivity index (χ4n) is 1.42. The van der Waals surface area contributed by atoms with Crippen LogP contribution in [0.5, 0.6) is 5.88 Å². The predicted molar refractivity (Wildman–Crippen MR) is 54.1 cm³/mol. The molecule has 90 valence electrons. The molecule has 2 N–H and O–H groups in total. The minimum Gasteiger partial charge on any atom is -0.492 e. The number of methoxy groups -OCH3 is 1. The fourth-order valence-corrected chi connectivity index (χ4v) is 1.42. The zero-order valence-electron chi connectivity index (χ0n) is 8.99. The van der Waals surface area contributed by atoms with Crippen molar-refractivity contribution in [3.63, 3.8) is 0 Å². The molecule has 0 aliphatic heterocycles. The summed E-state index contributed by atoms with van der Waals surface area (Å²) in [7, 11) is 1.42. The lowest BCUT2D eigenvalue weighted by molar-refractivity contribution is 0.143. The number of hydrogen-bond donors (Lipinski definition) is 2. The Balaban J connectivity index is 3.38. The maximum absolute atomic E-state index is 13.1. The van der Waals surface area contributed by atoms with Crippen molar-refractivity contribution in [3.8, 4) is 5.88 Å². The Hall–Kier alpha value is -1.63. The highest BCUT2D eigenvalue weighted by molar-refractivity contribution is 5.10. The maximum Gasteiger partial charge on any atom is 0.331 e. The molecule has 0 bridgehead atoms. The molecule has 0 saturated carbocycles. The van der Waals surface area contributed by atoms with Gasteiger partial charge in [0.1, 0.15) is 0 Å². The molecule has 0 aliphatic carbocycles. The maximum atomic E-state index is 13.1. The standard InChI is InChI=1S/C9H13FN2O4/c1-3-5(4-16-2)12-8(14)6(10)7(13)11-9(12)15/h5,14H,3-4H2,1-2H3,(H,11,13,15). The van der Waals surface area contributed by atoms with Gasteiger partial charge in [-0.25, -0.2) is 4.79 Å². The van der Waals surface area contributed by atoms with Gasteiger partial charge in [0, 0.05) is 7.11 Å². The zero-order chi connectivity index (χ0) is 12.3. The number of nitrogens with one attached hydrogen (secondary N) is 1. The van der Waals surface area contributed by atoms with Gasteiger partial charge < -0.3 is 9.84 Å². The van der Waals surface area contributed by atoms with Crippen molar-refractivity contribution in [2.75, 3.05) is 13.7 Å². The molecule has 1 unspecified atom stereocenters. The monoisotopic (exact) mass is 232 g/mol. The molecule has 1 rings (SSSR count). The molecule has 7 heteroatoms. The quantitative estimate of drug-likeness (QED) is 0.764. The van der Waals surface area contributed by atoms with Crippen LogP contribution in [0.25, 0.3) is 0 Å². The van der Waals surface area contributed by atoms with Gasteiger partial charge in [-0.15, -0.1) is 0 Å². The van der Waals surface area contributed by atoms with E-state index in [4.69, 9.17) is 4.74 Å². The minimum atomic E-state index is -1.37. The average molecular weight is 232 g/mol. The number of rotatable bonds is 4. The van der Waals surface area contributed by atoms with E-state index in [0.717, 1.165) is 4.57 Å². The molecule has 0 amide bonds. The van der Waals surface area contributed by atoms with E-state index in [2.05, 4.69) is 0 Å². The number of aromatic nitrogens is 2. The minimum absolute atomic E-state index is 0.134. The molecule has 1 aromatic rings. The van der Waals surface area contributed by atoms with Gasteiger partial charge in [0.15, 0.2) is 0 Å². The van der Waals surface area contributed by atoms with Gasteiger partial charge in [-0.2, -0.15) is 4.39 Å². The topological polar surface area (TPSA) is 84.3 Å². The molecule has 0 spiro atoms. The number of H-pyrrole nitrogens is 1. The first-order valence-corrected chi connectivity index (χ1v) is 4.75. The van der Waals surface area contributed by atoms with Gasteiger partial charge in [-0.1, -0.05) is 6.92 Å². The summed E-state index contributed by atoms with van der Waals surface area (Å²) in [5.74, 6) is -2.33. The summed E-state index contributed by atoms with van der Waals surface area (Å²) >= 11 is 0. The van der Waals surface area contributed by atoms with Crippen LogP contribution in [0.15, 0.2) is 9.59 Å². The summed E-state index contributed by atoms with van der Waals surface area (Å²) < 4.78 is 18.7. The molecule has 0 saturated heterocycles. The second-order valence-electron chi connectivity index (χ2n) is 3.28. The van der Waals surface area contributed by atoms with E-state index < -0.39 is 29.0 Å². The van der Waals surface area contributed by atoms with Crippen LogP contribution in [0, 0.1) is 5.82 Å². The summed E-state index contributed by atoms with van der Waals surface area (Å²) in [6, 6.07) is -0.524. The van der Waals surface area contributed by atoms with Crippen LogP contribution in [0.4, 0.5) is 4.39 Å². The van der Waals surface area contributed by atoms with Gasteiger partial charge >= 0.3 is 5.69 Å². The summed E-state index contributed by atoms with van der Waals surface area (Å²) in [5.41, 5.74) is -2.08. The van der Waals surface area contributed by atoms with E-state index in [1.807, 2.05) is 0 Å². The molecule has 0 fully saturated rings. The van der Waals surface area contributed by atoms with Crippen LogP contribution in [-0.4, -0.2) is 28.4 Å². The Kier molecular flexibility index (Phi) is 3.83. The lowest BCUT2D eigenvalue weighted by Gasteiger charge is -2.17. The van der Waals surface area contributed by atoms with E-state index >= 15 is 0 Å². The van der Waals surface area contributed by atoms with Crippen molar-refractivity contribution >= 4 is 0 Å². The van der Waals surface area contributed by atoms with E-state index in [-0.39, 0.29) is 6.61 Å². The fraction of sp³-hybridized carbons (Fsp3) is 0.556. The Morgan fingerprint density at radius 3 is 2.69 bits per heavy atom. The van der Waals surface area contributed by atoms with E-state index in [1.54, 1.807) is 11.9 Å². The first kappa shape index (κ1) is 12.4. The third-order valence-electron chi connectivity index (χ3n) is 2.26. The third-order valence-corrected chi connectivity index (χ3v) is 2.26. The predicted octanol–water partition coefficient (Wildman–Crippen LogP) is -0.0212. The molecule has 6 nitrogen and oxygen atoms in total. The average Bonchev–Trinajstić information content (AvgIpc) is 2.25. The molecular formula is C9H13FN2O4. The van der Waals surface area contributed by atoms with Crippen LogP contribution in [-0.2, 0) is 4.74 Å².